The maximum atomic E-state index is 14.9. The van der Waals surface area contributed by atoms with Crippen LogP contribution in [0, 0.1) is 11.7 Å². The second-order valence-corrected chi connectivity index (χ2v) is 10.5. The van der Waals surface area contributed by atoms with Gasteiger partial charge in [0.05, 0.1) is 20.1 Å². The van der Waals surface area contributed by atoms with Gasteiger partial charge in [-0.1, -0.05) is 18.2 Å². The summed E-state index contributed by atoms with van der Waals surface area (Å²) in [6.07, 6.45) is 1.35. The number of nitrogens with zero attached hydrogens (tertiary/aromatic N) is 1. The number of Topliss-reactive ketones (excluding diaryl/α,β-unsaturated/α-hetero) is 1. The number of hydrogen-bond donors (Lipinski definition) is 2. The average molecular weight is 528 g/mol. The molecule has 0 saturated carbocycles. The summed E-state index contributed by atoms with van der Waals surface area (Å²) in [5, 5.41) is 5.91. The average Bonchev–Trinajstić information content (AvgIpc) is 3.66. The van der Waals surface area contributed by atoms with Crippen LogP contribution in [0.5, 0.6) is 11.5 Å². The normalized spacial score (nSPS) is 28.3. The Hall–Kier alpha value is -4.24. The molecule has 0 bridgehead atoms. The topological polar surface area (TPSA) is 97.0 Å². The molecule has 2 saturated heterocycles. The second-order valence-electron chi connectivity index (χ2n) is 10.5. The number of rotatable bonds is 4. The van der Waals surface area contributed by atoms with Crippen LogP contribution in [0.1, 0.15) is 34.3 Å². The number of ketones is 1. The van der Waals surface area contributed by atoms with Gasteiger partial charge in [0.15, 0.2) is 17.3 Å². The number of fused-ring (bicyclic) bond motifs is 7. The molecule has 9 heteroatoms. The van der Waals surface area contributed by atoms with Gasteiger partial charge in [-0.15, -0.1) is 0 Å². The lowest BCUT2D eigenvalue weighted by atomic mass is 9.57. The van der Waals surface area contributed by atoms with Crippen LogP contribution in [0.3, 0.4) is 0 Å². The molecule has 4 unspecified atom stereocenters. The van der Waals surface area contributed by atoms with E-state index in [1.165, 1.54) is 32.4 Å². The maximum Gasteiger partial charge on any atom is 0.251 e. The van der Waals surface area contributed by atoms with Crippen LogP contribution in [0.25, 0.3) is 0 Å². The first kappa shape index (κ1) is 23.8. The van der Waals surface area contributed by atoms with Gasteiger partial charge in [0.2, 0.25) is 5.91 Å². The molecule has 2 amide bonds. The minimum Gasteiger partial charge on any atom is -0.493 e. The van der Waals surface area contributed by atoms with Crippen molar-refractivity contribution in [3.63, 3.8) is 0 Å². The Morgan fingerprint density at radius 3 is 2.46 bits per heavy atom. The molecule has 2 N–H and O–H groups in total. The lowest BCUT2D eigenvalue weighted by molar-refractivity contribution is -0.137. The van der Waals surface area contributed by atoms with E-state index in [1.807, 2.05) is 4.90 Å². The van der Waals surface area contributed by atoms with Crippen LogP contribution in [0.15, 0.2) is 60.7 Å². The first-order chi connectivity index (χ1) is 18.9. The molecule has 7 rings (SSSR count). The monoisotopic (exact) mass is 527 g/mol. The van der Waals surface area contributed by atoms with E-state index in [-0.39, 0.29) is 5.78 Å². The highest BCUT2D eigenvalue weighted by atomic mass is 19.1. The Morgan fingerprint density at radius 2 is 1.67 bits per heavy atom. The van der Waals surface area contributed by atoms with E-state index in [0.717, 1.165) is 6.42 Å². The van der Waals surface area contributed by atoms with E-state index in [2.05, 4.69) is 10.6 Å². The molecular formula is C30H26FN3O5. The van der Waals surface area contributed by atoms with Gasteiger partial charge >= 0.3 is 0 Å². The Labute approximate surface area is 224 Å². The molecule has 0 aromatic heterocycles. The molecule has 3 aromatic rings. The summed E-state index contributed by atoms with van der Waals surface area (Å²) >= 11 is 0. The van der Waals surface area contributed by atoms with Crippen molar-refractivity contribution in [2.45, 2.75) is 29.8 Å². The fourth-order valence-electron chi connectivity index (χ4n) is 7.72. The third-order valence-corrected chi connectivity index (χ3v) is 9.01. The molecule has 4 heterocycles. The lowest BCUT2D eigenvalue weighted by Gasteiger charge is -2.43. The van der Waals surface area contributed by atoms with Gasteiger partial charge in [-0.3, -0.25) is 19.3 Å². The van der Waals surface area contributed by atoms with Gasteiger partial charge in [-0.05, 0) is 67.4 Å². The van der Waals surface area contributed by atoms with E-state index in [1.54, 1.807) is 42.5 Å². The number of ether oxygens (including phenoxy) is 2. The summed E-state index contributed by atoms with van der Waals surface area (Å²) in [6, 6.07) is 15.8. The number of hydrogen-bond acceptors (Lipinski definition) is 6. The summed E-state index contributed by atoms with van der Waals surface area (Å²) in [7, 11) is 3.01. The molecule has 2 spiro atoms. The summed E-state index contributed by atoms with van der Waals surface area (Å²) in [6.45, 7) is 0.487. The molecule has 0 aliphatic carbocycles. The van der Waals surface area contributed by atoms with Gasteiger partial charge in [-0.25, -0.2) is 4.39 Å². The standard InChI is InChI=1S/C30H26FN3O5/c1-38-23-12-9-16(14-24(23)39-2)26(35)25-22-8-5-13-34(22)30(19-15-17(31)10-11-21(19)33-28(30)37)29(25)18-6-3-4-7-20(18)32-27(29)36/h3-4,6-7,9-12,14-15,22,25H,5,8,13H2,1-2H3,(H,32,36)(H,33,37). The maximum absolute atomic E-state index is 14.9. The molecule has 8 nitrogen and oxygen atoms in total. The fourth-order valence-corrected chi connectivity index (χ4v) is 7.72. The highest BCUT2D eigenvalue weighted by Crippen LogP contribution is 2.67. The molecule has 4 aliphatic rings. The van der Waals surface area contributed by atoms with Gasteiger partial charge in [0.25, 0.3) is 5.91 Å². The predicted molar refractivity (Wildman–Crippen MR) is 141 cm³/mol. The number of nitrogens with one attached hydrogen (secondary N) is 2. The van der Waals surface area contributed by atoms with Crippen molar-refractivity contribution in [1.82, 2.24) is 4.90 Å². The zero-order valence-electron chi connectivity index (χ0n) is 21.4. The van der Waals surface area contributed by atoms with Gasteiger partial charge in [0.1, 0.15) is 16.8 Å². The van der Waals surface area contributed by atoms with E-state index in [4.69, 9.17) is 9.47 Å². The largest absolute Gasteiger partial charge is 0.493 e. The Morgan fingerprint density at radius 1 is 0.923 bits per heavy atom. The van der Waals surface area contributed by atoms with Crippen molar-refractivity contribution in [2.24, 2.45) is 5.92 Å². The quantitative estimate of drug-likeness (QED) is 0.501. The summed E-state index contributed by atoms with van der Waals surface area (Å²) < 4.78 is 25.7. The number of methoxy groups -OCH3 is 2. The van der Waals surface area contributed by atoms with Crippen LogP contribution in [-0.4, -0.2) is 49.3 Å². The highest BCUT2D eigenvalue weighted by Gasteiger charge is 2.81. The lowest BCUT2D eigenvalue weighted by Crippen LogP contribution is -2.62. The molecule has 39 heavy (non-hydrogen) atoms. The number of carbonyl (C=O) groups excluding carboxylic acids is 3. The van der Waals surface area contributed by atoms with E-state index >= 15 is 0 Å². The zero-order valence-corrected chi connectivity index (χ0v) is 21.4. The SMILES string of the molecule is COc1ccc(C(=O)C2C3CCCN3C3(C(=O)Nc4ccc(F)cc43)C23C(=O)Nc2ccccc23)cc1OC. The van der Waals surface area contributed by atoms with Crippen LogP contribution in [0.2, 0.25) is 0 Å². The smallest absolute Gasteiger partial charge is 0.251 e. The van der Waals surface area contributed by atoms with Gasteiger partial charge in [-0.2, -0.15) is 0 Å². The van der Waals surface area contributed by atoms with Crippen molar-refractivity contribution in [1.29, 1.82) is 0 Å². The van der Waals surface area contributed by atoms with Crippen LogP contribution in [0.4, 0.5) is 15.8 Å². The van der Waals surface area contributed by atoms with Crippen molar-refractivity contribution in [3.8, 4) is 11.5 Å². The predicted octanol–water partition coefficient (Wildman–Crippen LogP) is 3.86. The highest BCUT2D eigenvalue weighted by molar-refractivity contribution is 6.21. The van der Waals surface area contributed by atoms with Gasteiger partial charge in [0, 0.05) is 28.5 Å². The molecule has 3 aromatic carbocycles. The van der Waals surface area contributed by atoms with Crippen LogP contribution in [-0.2, 0) is 20.5 Å². The third-order valence-electron chi connectivity index (χ3n) is 9.01. The van der Waals surface area contributed by atoms with E-state index in [0.29, 0.717) is 52.5 Å². The second kappa shape index (κ2) is 8.13. The molecule has 198 valence electrons. The van der Waals surface area contributed by atoms with Crippen LogP contribution < -0.4 is 20.1 Å². The van der Waals surface area contributed by atoms with E-state index < -0.39 is 40.5 Å². The Bertz CT molecular complexity index is 1590. The molecule has 0 radical (unpaired) electrons. The number of para-hydroxylation sites is 1. The first-order valence-electron chi connectivity index (χ1n) is 12.9. The van der Waals surface area contributed by atoms with Crippen molar-refractivity contribution < 1.29 is 28.2 Å². The summed E-state index contributed by atoms with van der Waals surface area (Å²) in [5.74, 6) is -1.74. The van der Waals surface area contributed by atoms with Crippen LogP contribution >= 0.6 is 0 Å². The minimum atomic E-state index is -1.64. The first-order valence-corrected chi connectivity index (χ1v) is 12.9. The number of halogens is 1. The van der Waals surface area contributed by atoms with Crippen molar-refractivity contribution in [2.75, 3.05) is 31.4 Å². The molecule has 4 aliphatic heterocycles. The zero-order chi connectivity index (χ0) is 27.1. The third kappa shape index (κ3) is 2.73. The van der Waals surface area contributed by atoms with E-state index in [9.17, 15) is 18.8 Å². The fraction of sp³-hybridized carbons (Fsp3) is 0.300. The number of carbonyl (C=O) groups is 3. The number of amides is 2. The Balaban J connectivity index is 1.55. The molecule has 4 atom stereocenters. The Kier molecular flexibility index (Phi) is 4.97. The minimum absolute atomic E-state index is 0.283. The number of benzene rings is 3. The molecular weight excluding hydrogens is 501 g/mol. The number of anilines is 2. The van der Waals surface area contributed by atoms with Crippen molar-refractivity contribution >= 4 is 29.0 Å². The van der Waals surface area contributed by atoms with Gasteiger partial charge < -0.3 is 20.1 Å². The van der Waals surface area contributed by atoms with Crippen molar-refractivity contribution in [3.05, 3.63) is 83.2 Å². The summed E-state index contributed by atoms with van der Waals surface area (Å²) in [5.41, 5.74) is -0.963. The summed E-state index contributed by atoms with van der Waals surface area (Å²) in [4.78, 5) is 45.4. The molecule has 2 fully saturated rings.